The number of halogens is 2. The fraction of sp³-hybridized carbons (Fsp3) is 0.517. The second-order valence-corrected chi connectivity index (χ2v) is 23.6. The predicted molar refractivity (Wildman–Crippen MR) is 306 cm³/mol. The lowest BCUT2D eigenvalue weighted by Crippen LogP contribution is -2.70. The fourth-order valence-corrected chi connectivity index (χ4v) is 12.5. The molecule has 4 N–H and O–H groups in total. The number of aliphatic hydroxyl groups is 1. The van der Waals surface area contributed by atoms with E-state index < -0.39 is 47.3 Å². The minimum atomic E-state index is -0.912. The summed E-state index contributed by atoms with van der Waals surface area (Å²) < 4.78 is 56.1. The summed E-state index contributed by atoms with van der Waals surface area (Å²) in [7, 11) is 0. The van der Waals surface area contributed by atoms with Crippen LogP contribution in [0, 0.1) is 24.0 Å². The Labute approximate surface area is 481 Å². The Balaban J connectivity index is 0.909. The quantitative estimate of drug-likeness (QED) is 0.119. The molecular weight excluding hydrogens is 1070 g/mol. The molecule has 22 heteroatoms. The number of fused-ring (bicyclic) bond motifs is 1. The molecule has 5 atom stereocenters. The number of aryl methyl sites for hydroxylation is 1. The maximum atomic E-state index is 15.7. The molecular formula is C60H75F2N11O8S. The molecule has 0 bridgehead atoms. The average molecular weight is 1150 g/mol. The second-order valence-electron chi connectivity index (χ2n) is 22.7. The molecule has 438 valence electrons. The number of hydrogen-bond donors (Lipinski definition) is 4. The summed E-state index contributed by atoms with van der Waals surface area (Å²) in [6.45, 7) is 13.5. The van der Waals surface area contributed by atoms with Crippen molar-refractivity contribution in [2.24, 2.45) is 5.41 Å². The molecule has 2 unspecified atom stereocenters. The summed E-state index contributed by atoms with van der Waals surface area (Å²) in [6.07, 6.45) is 5.80. The number of β-amino-alcohol motifs (C(OH)–C–C–N with tert-alkyl or cyclic N) is 1. The van der Waals surface area contributed by atoms with Crippen LogP contribution in [0.15, 0.2) is 78.7 Å². The van der Waals surface area contributed by atoms with E-state index in [2.05, 4.69) is 25.8 Å². The van der Waals surface area contributed by atoms with Crippen molar-refractivity contribution < 1.29 is 47.2 Å². The van der Waals surface area contributed by atoms with E-state index in [-0.39, 0.29) is 81.6 Å². The third-order valence-corrected chi connectivity index (χ3v) is 17.0. The van der Waals surface area contributed by atoms with Gasteiger partial charge in [-0.2, -0.15) is 5.10 Å². The third-order valence-electron chi connectivity index (χ3n) is 16.1. The van der Waals surface area contributed by atoms with Crippen molar-refractivity contribution in [2.75, 3.05) is 92.1 Å². The van der Waals surface area contributed by atoms with E-state index in [1.54, 1.807) is 35.9 Å². The van der Waals surface area contributed by atoms with E-state index in [9.17, 15) is 14.7 Å². The highest BCUT2D eigenvalue weighted by molar-refractivity contribution is 7.13. The Kier molecular flexibility index (Phi) is 19.4. The zero-order valence-electron chi connectivity index (χ0n) is 47.2. The number of ether oxygens (including phenoxy) is 4. The maximum Gasteiger partial charge on any atom is 0.239 e. The number of nitrogens with zero attached hydrogens (tertiary/aromatic N) is 8. The van der Waals surface area contributed by atoms with Gasteiger partial charge >= 0.3 is 0 Å². The smallest absolute Gasteiger partial charge is 0.239 e. The van der Waals surface area contributed by atoms with Gasteiger partial charge in [-0.15, -0.1) is 11.3 Å². The number of hydrogen-bond acceptors (Lipinski definition) is 16. The Morgan fingerprint density at radius 2 is 1.56 bits per heavy atom. The van der Waals surface area contributed by atoms with E-state index in [4.69, 9.17) is 34.0 Å². The first-order valence-corrected chi connectivity index (χ1v) is 29.4. The van der Waals surface area contributed by atoms with Crippen LogP contribution in [0.2, 0.25) is 0 Å². The average Bonchev–Trinajstić information content (AvgIpc) is 4.33. The summed E-state index contributed by atoms with van der Waals surface area (Å²) in [4.78, 5) is 65.3. The molecule has 6 aromatic rings. The number of para-hydroxylation sites is 1. The number of aliphatic hydroxyl groups excluding tert-OH is 1. The highest BCUT2D eigenvalue weighted by Crippen LogP contribution is 2.37. The van der Waals surface area contributed by atoms with Gasteiger partial charge in [-0.25, -0.2) is 18.7 Å². The molecule has 3 amide bonds. The first-order valence-electron chi connectivity index (χ1n) is 28.5. The number of amides is 3. The lowest BCUT2D eigenvalue weighted by atomic mass is 9.77. The zero-order valence-corrected chi connectivity index (χ0v) is 48.0. The highest BCUT2D eigenvalue weighted by Gasteiger charge is 2.52. The van der Waals surface area contributed by atoms with Gasteiger partial charge < -0.3 is 40.0 Å². The topological polar surface area (TPSA) is 211 Å². The number of nitrogens with one attached hydrogen (secondary N) is 3. The number of aromatic nitrogens is 5. The summed E-state index contributed by atoms with van der Waals surface area (Å²) in [6, 6.07) is 12.8. The van der Waals surface area contributed by atoms with Crippen molar-refractivity contribution in [3.05, 3.63) is 107 Å². The number of rotatable bonds is 11. The number of likely N-dealkylation sites (tertiary alicyclic amines) is 2. The minimum Gasteiger partial charge on any atom is -0.392 e. The van der Waals surface area contributed by atoms with Gasteiger partial charge in [0.2, 0.25) is 17.7 Å². The van der Waals surface area contributed by atoms with Gasteiger partial charge in [-0.1, -0.05) is 57.2 Å². The van der Waals surface area contributed by atoms with Crippen LogP contribution in [-0.2, 0) is 46.4 Å². The number of carbonyl (C=O) groups is 3. The zero-order chi connectivity index (χ0) is 57.3. The van der Waals surface area contributed by atoms with Gasteiger partial charge in [0, 0.05) is 81.7 Å². The molecule has 4 fully saturated rings. The third kappa shape index (κ3) is 14.2. The van der Waals surface area contributed by atoms with Crippen LogP contribution >= 0.6 is 11.3 Å². The standard InChI is InChI=1S/C60H75F2N11O8S/c1-38-56(82-37-66-38)40-10-8-39(9-11-40)31-65-58(76)51-30-44(74)35-72(51)54-55(59(77)63-15-21-79-25-27-81-26-24-78-20-14-52(75)69-57(54)60(2,3)4)71-16-12-43(13-17-71)73-34-42(32-67-73)50-33-64-49-7-5-6-45(53(49)68-50)41-28-47(61)46(48(62)29-41)36-70-18-22-80-23-19-70/h5-11,28-29,32-34,37,43-44,51,54-55,57,74H,12-27,30-31,35-36H2,1-4H3,(H,63,77)(H,65,76)(H,69,75)/t44-,51+,54?,55+,57?/m1/s1. The molecule has 82 heavy (non-hydrogen) atoms. The van der Waals surface area contributed by atoms with Gasteiger partial charge in [0.15, 0.2) is 0 Å². The lowest BCUT2D eigenvalue weighted by Gasteiger charge is -2.50. The maximum absolute atomic E-state index is 15.7. The van der Waals surface area contributed by atoms with Crippen molar-refractivity contribution in [1.29, 1.82) is 0 Å². The van der Waals surface area contributed by atoms with Gasteiger partial charge in [0.25, 0.3) is 0 Å². The van der Waals surface area contributed by atoms with E-state index >= 15 is 13.6 Å². The Bertz CT molecular complexity index is 3120. The van der Waals surface area contributed by atoms with Crippen molar-refractivity contribution in [1.82, 2.24) is 55.4 Å². The van der Waals surface area contributed by atoms with E-state index in [1.165, 1.54) is 12.1 Å². The molecule has 3 aromatic heterocycles. The number of benzene rings is 3. The van der Waals surface area contributed by atoms with Crippen LogP contribution in [-0.4, -0.2) is 185 Å². The molecule has 0 spiro atoms. The molecule has 19 nitrogen and oxygen atoms in total. The second kappa shape index (κ2) is 27.0. The first kappa shape index (κ1) is 59.0. The number of carbonyl (C=O) groups excluding carboxylic acids is 3. The number of thiazole rings is 1. The lowest BCUT2D eigenvalue weighted by molar-refractivity contribution is -0.137. The normalized spacial score (nSPS) is 23.3. The Morgan fingerprint density at radius 1 is 0.854 bits per heavy atom. The number of piperidine rings is 1. The predicted octanol–water partition coefficient (Wildman–Crippen LogP) is 5.93. The van der Waals surface area contributed by atoms with E-state index in [0.717, 1.165) is 21.7 Å². The van der Waals surface area contributed by atoms with Crippen LogP contribution in [0.3, 0.4) is 0 Å². The largest absolute Gasteiger partial charge is 0.392 e. The molecule has 10 rings (SSSR count). The van der Waals surface area contributed by atoms with Gasteiger partial charge in [0.1, 0.15) is 17.7 Å². The van der Waals surface area contributed by atoms with Gasteiger partial charge in [0.05, 0.1) is 128 Å². The van der Waals surface area contributed by atoms with Crippen molar-refractivity contribution in [3.8, 4) is 32.8 Å². The van der Waals surface area contributed by atoms with Crippen LogP contribution in [0.1, 0.15) is 69.3 Å². The van der Waals surface area contributed by atoms with Crippen molar-refractivity contribution >= 4 is 40.1 Å². The molecule has 0 aliphatic carbocycles. The fourth-order valence-electron chi connectivity index (χ4n) is 11.7. The molecule has 4 saturated heterocycles. The van der Waals surface area contributed by atoms with Crippen LogP contribution in [0.25, 0.3) is 43.9 Å². The Morgan fingerprint density at radius 3 is 2.27 bits per heavy atom. The van der Waals surface area contributed by atoms with Crippen LogP contribution < -0.4 is 16.0 Å². The summed E-state index contributed by atoms with van der Waals surface area (Å²) in [5, 5.41) is 26.0. The van der Waals surface area contributed by atoms with Crippen molar-refractivity contribution in [2.45, 2.75) is 103 Å². The van der Waals surface area contributed by atoms with E-state index in [0.29, 0.717) is 112 Å². The summed E-state index contributed by atoms with van der Waals surface area (Å²) in [5.41, 5.74) is 7.27. The van der Waals surface area contributed by atoms with Crippen LogP contribution in [0.4, 0.5) is 8.78 Å². The highest BCUT2D eigenvalue weighted by atomic mass is 32.1. The summed E-state index contributed by atoms with van der Waals surface area (Å²) in [5.74, 6) is -2.11. The number of morpholine rings is 1. The molecule has 0 saturated carbocycles. The molecule has 4 aliphatic rings. The first-order chi connectivity index (χ1) is 39.7. The SMILES string of the molecule is Cc1ncsc1-c1ccc(CNC(=O)[C@@H]2C[C@@H](O)CN2C2C(C(C)(C)C)NC(=O)CCOCCOCCOCCNC(=O)[C@H]2N2CCC(n3cc(-c4cnc5cccc(-c6cc(F)c(CN7CCOCC7)c(F)c6)c5n4)cn3)CC2)cc1. The van der Waals surface area contributed by atoms with Gasteiger partial charge in [-0.05, 0) is 66.5 Å². The van der Waals surface area contributed by atoms with E-state index in [1.807, 2.05) is 84.2 Å². The molecule has 7 heterocycles. The van der Waals surface area contributed by atoms with Crippen LogP contribution in [0.5, 0.6) is 0 Å². The molecule has 0 radical (unpaired) electrons. The monoisotopic (exact) mass is 1150 g/mol. The Hall–Kier alpha value is -6.21. The minimum absolute atomic E-state index is 0.0177. The molecule has 3 aromatic carbocycles. The van der Waals surface area contributed by atoms with Gasteiger partial charge in [-0.3, -0.25) is 38.7 Å². The molecule has 4 aliphatic heterocycles. The van der Waals surface area contributed by atoms with Crippen molar-refractivity contribution in [3.63, 3.8) is 0 Å². The summed E-state index contributed by atoms with van der Waals surface area (Å²) >= 11 is 1.57.